The molecule has 146 valence electrons. The van der Waals surface area contributed by atoms with Gasteiger partial charge in [0.1, 0.15) is 6.04 Å². The van der Waals surface area contributed by atoms with Crippen molar-refractivity contribution in [2.75, 3.05) is 20.2 Å². The molecule has 1 heterocycles. The third kappa shape index (κ3) is 5.64. The third-order valence-electron chi connectivity index (χ3n) is 4.59. The lowest BCUT2D eigenvalue weighted by Gasteiger charge is -2.23. The van der Waals surface area contributed by atoms with Crippen molar-refractivity contribution in [3.05, 3.63) is 35.9 Å². The highest BCUT2D eigenvalue weighted by atomic mass is 16.5. The number of ketones is 1. The van der Waals surface area contributed by atoms with Crippen molar-refractivity contribution in [2.45, 2.75) is 45.2 Å². The van der Waals surface area contributed by atoms with Crippen molar-refractivity contribution in [1.29, 1.82) is 0 Å². The average Bonchev–Trinajstić information content (AvgIpc) is 3.16. The van der Waals surface area contributed by atoms with E-state index in [1.807, 2.05) is 30.3 Å². The molecule has 1 aromatic rings. The van der Waals surface area contributed by atoms with Gasteiger partial charge < -0.3 is 14.5 Å². The van der Waals surface area contributed by atoms with Crippen LogP contribution >= 0.6 is 0 Å². The Hall–Kier alpha value is -2.70. The lowest BCUT2D eigenvalue weighted by atomic mass is 10.1. The Balaban J connectivity index is 1.85. The molecule has 0 saturated carbocycles. The zero-order valence-corrected chi connectivity index (χ0v) is 15.8. The van der Waals surface area contributed by atoms with Crippen molar-refractivity contribution in [3.8, 4) is 0 Å². The lowest BCUT2D eigenvalue weighted by molar-refractivity contribution is -0.156. The molecule has 27 heavy (non-hydrogen) atoms. The van der Waals surface area contributed by atoms with Gasteiger partial charge in [0.25, 0.3) is 5.78 Å². The average molecular weight is 374 g/mol. The number of nitrogens with zero attached hydrogens (tertiary/aromatic N) is 2. The lowest BCUT2D eigenvalue weighted by Crippen LogP contribution is -2.44. The van der Waals surface area contributed by atoms with Crippen LogP contribution in [0.5, 0.6) is 0 Å². The SMILES string of the molecule is CCOC(=O)C(=O)[C@@H]1CCCN1C(=O)CCC(=O)N(C)Cc1ccccc1. The minimum atomic E-state index is -0.902. The molecule has 1 aliphatic heterocycles. The molecule has 2 rings (SSSR count). The van der Waals surface area contributed by atoms with Crippen LogP contribution in [0.15, 0.2) is 30.3 Å². The van der Waals surface area contributed by atoms with E-state index in [2.05, 4.69) is 0 Å². The molecule has 0 N–H and O–H groups in total. The Morgan fingerprint density at radius 2 is 1.85 bits per heavy atom. The third-order valence-corrected chi connectivity index (χ3v) is 4.59. The largest absolute Gasteiger partial charge is 0.460 e. The van der Waals surface area contributed by atoms with Gasteiger partial charge in [-0.25, -0.2) is 4.79 Å². The molecule has 0 unspecified atom stereocenters. The molecule has 1 aliphatic rings. The van der Waals surface area contributed by atoms with Gasteiger partial charge in [-0.15, -0.1) is 0 Å². The van der Waals surface area contributed by atoms with Gasteiger partial charge in [0.05, 0.1) is 6.61 Å². The maximum Gasteiger partial charge on any atom is 0.376 e. The summed E-state index contributed by atoms with van der Waals surface area (Å²) in [5.74, 6) is -2.01. The normalized spacial score (nSPS) is 16.1. The smallest absolute Gasteiger partial charge is 0.376 e. The van der Waals surface area contributed by atoms with Crippen LogP contribution in [0.4, 0.5) is 0 Å². The molecule has 1 aromatic carbocycles. The van der Waals surface area contributed by atoms with Crippen molar-refractivity contribution < 1.29 is 23.9 Å². The number of carbonyl (C=O) groups is 4. The van der Waals surface area contributed by atoms with Crippen LogP contribution in [0.1, 0.15) is 38.2 Å². The number of esters is 1. The topological polar surface area (TPSA) is 84.0 Å². The second kappa shape index (κ2) is 9.85. The number of benzene rings is 1. The maximum absolute atomic E-state index is 12.5. The molecular formula is C20H26N2O5. The number of hydrogen-bond donors (Lipinski definition) is 0. The fourth-order valence-corrected chi connectivity index (χ4v) is 3.17. The first kappa shape index (κ1) is 20.6. The summed E-state index contributed by atoms with van der Waals surface area (Å²) in [5, 5.41) is 0. The number of Topliss-reactive ketones (excluding diaryl/α,β-unsaturated/α-hetero) is 1. The van der Waals surface area contributed by atoms with E-state index in [0.717, 1.165) is 5.56 Å². The Kier molecular flexibility index (Phi) is 7.52. The molecule has 0 spiro atoms. The molecule has 1 atom stereocenters. The van der Waals surface area contributed by atoms with Gasteiger partial charge in [0, 0.05) is 33.0 Å². The molecular weight excluding hydrogens is 348 g/mol. The van der Waals surface area contributed by atoms with E-state index < -0.39 is 17.8 Å². The van der Waals surface area contributed by atoms with E-state index in [0.29, 0.717) is 25.9 Å². The Bertz CT molecular complexity index is 689. The van der Waals surface area contributed by atoms with E-state index >= 15 is 0 Å². The fourth-order valence-electron chi connectivity index (χ4n) is 3.17. The van der Waals surface area contributed by atoms with Crippen molar-refractivity contribution in [3.63, 3.8) is 0 Å². The number of likely N-dealkylation sites (tertiary alicyclic amines) is 1. The summed E-state index contributed by atoms with van der Waals surface area (Å²) in [7, 11) is 1.70. The van der Waals surface area contributed by atoms with E-state index in [4.69, 9.17) is 4.74 Å². The molecule has 1 fully saturated rings. The predicted molar refractivity (Wildman–Crippen MR) is 98.5 cm³/mol. The zero-order chi connectivity index (χ0) is 19.8. The van der Waals surface area contributed by atoms with Crippen LogP contribution in [-0.2, 0) is 30.5 Å². The van der Waals surface area contributed by atoms with E-state index in [1.165, 1.54) is 4.90 Å². The van der Waals surface area contributed by atoms with Crippen LogP contribution in [0.2, 0.25) is 0 Å². The van der Waals surface area contributed by atoms with Crippen LogP contribution < -0.4 is 0 Å². The second-order valence-corrected chi connectivity index (χ2v) is 6.57. The minimum absolute atomic E-state index is 0.0184. The molecule has 0 aliphatic carbocycles. The van der Waals surface area contributed by atoms with Crippen LogP contribution in [0.3, 0.4) is 0 Å². The highest BCUT2D eigenvalue weighted by Crippen LogP contribution is 2.20. The Morgan fingerprint density at radius 3 is 2.52 bits per heavy atom. The first-order valence-corrected chi connectivity index (χ1v) is 9.22. The minimum Gasteiger partial charge on any atom is -0.460 e. The maximum atomic E-state index is 12.5. The molecule has 0 radical (unpaired) electrons. The van der Waals surface area contributed by atoms with Gasteiger partial charge >= 0.3 is 5.97 Å². The number of amides is 2. The molecule has 0 bridgehead atoms. The highest BCUT2D eigenvalue weighted by molar-refractivity contribution is 6.36. The van der Waals surface area contributed by atoms with Crippen molar-refractivity contribution in [1.82, 2.24) is 9.80 Å². The summed E-state index contributed by atoms with van der Waals surface area (Å²) in [4.78, 5) is 51.6. The van der Waals surface area contributed by atoms with E-state index in [1.54, 1.807) is 18.9 Å². The Labute approximate surface area is 159 Å². The van der Waals surface area contributed by atoms with Gasteiger partial charge in [-0.1, -0.05) is 30.3 Å². The summed E-state index contributed by atoms with van der Waals surface area (Å²) in [6.07, 6.45) is 1.19. The predicted octanol–water partition coefficient (Wildman–Crippen LogP) is 1.55. The summed E-state index contributed by atoms with van der Waals surface area (Å²) in [5.41, 5.74) is 1.01. The summed E-state index contributed by atoms with van der Waals surface area (Å²) >= 11 is 0. The standard InChI is InChI=1S/C20H26N2O5/c1-3-27-20(26)19(25)16-10-7-13-22(16)18(24)12-11-17(23)21(2)14-15-8-5-4-6-9-15/h4-6,8-9,16H,3,7,10-14H2,1-2H3/t16-/m0/s1. The zero-order valence-electron chi connectivity index (χ0n) is 15.8. The Morgan fingerprint density at radius 1 is 1.15 bits per heavy atom. The molecule has 1 saturated heterocycles. The molecule has 0 aromatic heterocycles. The van der Waals surface area contributed by atoms with Gasteiger partial charge in [-0.2, -0.15) is 0 Å². The number of hydrogen-bond acceptors (Lipinski definition) is 5. The number of carbonyl (C=O) groups excluding carboxylic acids is 4. The monoisotopic (exact) mass is 374 g/mol. The van der Waals surface area contributed by atoms with Crippen LogP contribution in [-0.4, -0.2) is 59.6 Å². The quantitative estimate of drug-likeness (QED) is 0.509. The number of ether oxygens (including phenoxy) is 1. The van der Waals surface area contributed by atoms with E-state index in [-0.39, 0.29) is 31.3 Å². The summed E-state index contributed by atoms with van der Waals surface area (Å²) in [6, 6.07) is 8.83. The van der Waals surface area contributed by atoms with Crippen LogP contribution in [0, 0.1) is 0 Å². The first-order chi connectivity index (χ1) is 12.9. The van der Waals surface area contributed by atoms with Gasteiger partial charge in [0.15, 0.2) is 0 Å². The molecule has 7 nitrogen and oxygen atoms in total. The molecule has 2 amide bonds. The summed E-state index contributed by atoms with van der Waals surface area (Å²) in [6.45, 7) is 2.64. The van der Waals surface area contributed by atoms with Crippen molar-refractivity contribution in [2.24, 2.45) is 0 Å². The van der Waals surface area contributed by atoms with Crippen LogP contribution in [0.25, 0.3) is 0 Å². The highest BCUT2D eigenvalue weighted by Gasteiger charge is 2.37. The van der Waals surface area contributed by atoms with Gasteiger partial charge in [-0.3, -0.25) is 14.4 Å². The first-order valence-electron chi connectivity index (χ1n) is 9.22. The fraction of sp³-hybridized carbons (Fsp3) is 0.500. The summed E-state index contributed by atoms with van der Waals surface area (Å²) < 4.78 is 4.74. The second-order valence-electron chi connectivity index (χ2n) is 6.57. The van der Waals surface area contributed by atoms with E-state index in [9.17, 15) is 19.2 Å². The van der Waals surface area contributed by atoms with Gasteiger partial charge in [-0.05, 0) is 25.3 Å². The molecule has 7 heteroatoms. The van der Waals surface area contributed by atoms with Crippen molar-refractivity contribution >= 4 is 23.6 Å². The number of rotatable bonds is 8. The van der Waals surface area contributed by atoms with Gasteiger partial charge in [0.2, 0.25) is 11.8 Å².